The maximum Gasteiger partial charge on any atom is 0.248 e. The molecule has 104 valence electrons. The second kappa shape index (κ2) is 5.53. The maximum absolute atomic E-state index is 13.5. The van der Waals surface area contributed by atoms with Crippen molar-refractivity contribution in [2.45, 2.75) is 38.0 Å². The zero-order chi connectivity index (χ0) is 14.0. The summed E-state index contributed by atoms with van der Waals surface area (Å²) in [4.78, 5) is 12.0. The van der Waals surface area contributed by atoms with E-state index in [1.807, 2.05) is 0 Å². The van der Waals surface area contributed by atoms with Crippen molar-refractivity contribution < 1.29 is 18.0 Å². The smallest absolute Gasteiger partial charge is 0.248 e. The summed E-state index contributed by atoms with van der Waals surface area (Å²) in [6.45, 7) is 0. The number of rotatable bonds is 3. The Morgan fingerprint density at radius 2 is 1.95 bits per heavy atom. The molecule has 1 aliphatic rings. The van der Waals surface area contributed by atoms with Crippen molar-refractivity contribution in [3.63, 3.8) is 0 Å². The van der Waals surface area contributed by atoms with Crippen LogP contribution in [0, 0.1) is 11.7 Å². The van der Waals surface area contributed by atoms with E-state index in [2.05, 4.69) is 0 Å². The Labute approximate surface area is 114 Å². The van der Waals surface area contributed by atoms with Gasteiger partial charge in [-0.2, -0.15) is 0 Å². The molecule has 0 aromatic heterocycles. The number of halogens is 4. The van der Waals surface area contributed by atoms with Crippen LogP contribution in [0.3, 0.4) is 0 Å². The summed E-state index contributed by atoms with van der Waals surface area (Å²) >= 11 is 5.85. The molecule has 0 heterocycles. The molecule has 0 atom stereocenters. The number of Topliss-reactive ketones (excluding diaryl/α,β-unsaturated/α-hetero) is 1. The number of hydrogen-bond acceptors (Lipinski definition) is 1. The van der Waals surface area contributed by atoms with E-state index in [4.69, 9.17) is 11.6 Å². The Hall–Kier alpha value is -1.03. The quantitative estimate of drug-likeness (QED) is 0.805. The van der Waals surface area contributed by atoms with Crippen LogP contribution in [0.5, 0.6) is 0 Å². The highest BCUT2D eigenvalue weighted by Gasteiger charge is 2.37. The molecule has 1 saturated carbocycles. The van der Waals surface area contributed by atoms with Gasteiger partial charge in [0.05, 0.1) is 0 Å². The van der Waals surface area contributed by atoms with Gasteiger partial charge in [-0.3, -0.25) is 4.79 Å². The van der Waals surface area contributed by atoms with E-state index in [0.29, 0.717) is 0 Å². The molecule has 2 rings (SSSR count). The lowest BCUT2D eigenvalue weighted by molar-refractivity contribution is -0.126. The zero-order valence-electron chi connectivity index (χ0n) is 10.3. The highest BCUT2D eigenvalue weighted by molar-refractivity contribution is 6.31. The van der Waals surface area contributed by atoms with Gasteiger partial charge < -0.3 is 0 Å². The van der Waals surface area contributed by atoms with Crippen molar-refractivity contribution >= 4 is 17.4 Å². The summed E-state index contributed by atoms with van der Waals surface area (Å²) in [5.74, 6) is -3.80. The third-order valence-corrected chi connectivity index (χ3v) is 3.94. The van der Waals surface area contributed by atoms with Crippen LogP contribution in [0.1, 0.15) is 31.2 Å². The van der Waals surface area contributed by atoms with Crippen molar-refractivity contribution in [1.82, 2.24) is 0 Å². The highest BCUT2D eigenvalue weighted by atomic mass is 35.5. The lowest BCUT2D eigenvalue weighted by Gasteiger charge is -2.27. The average molecular weight is 291 g/mol. The molecule has 0 aliphatic heterocycles. The van der Waals surface area contributed by atoms with Gasteiger partial charge in [-0.15, -0.1) is 0 Å². The second-order valence-electron chi connectivity index (χ2n) is 4.97. The van der Waals surface area contributed by atoms with Gasteiger partial charge in [0.25, 0.3) is 0 Å². The normalized spacial score (nSPS) is 19.4. The topological polar surface area (TPSA) is 17.1 Å². The SMILES string of the molecule is O=C(Cc1c(F)cccc1Cl)C1CCC(F)(F)CC1. The number of ketones is 1. The molecule has 1 fully saturated rings. The van der Waals surface area contributed by atoms with Crippen LogP contribution in [0.15, 0.2) is 18.2 Å². The molecule has 0 unspecified atom stereocenters. The Morgan fingerprint density at radius 3 is 2.53 bits per heavy atom. The Morgan fingerprint density at radius 1 is 1.32 bits per heavy atom. The molecule has 1 aromatic carbocycles. The molecule has 0 radical (unpaired) electrons. The lowest BCUT2D eigenvalue weighted by Crippen LogP contribution is -2.29. The van der Waals surface area contributed by atoms with E-state index >= 15 is 0 Å². The first-order chi connectivity index (χ1) is 8.89. The van der Waals surface area contributed by atoms with E-state index < -0.39 is 17.7 Å². The van der Waals surface area contributed by atoms with E-state index in [-0.39, 0.29) is 48.5 Å². The van der Waals surface area contributed by atoms with E-state index in [1.165, 1.54) is 18.2 Å². The maximum atomic E-state index is 13.5. The number of hydrogen-bond donors (Lipinski definition) is 0. The molecule has 1 aliphatic carbocycles. The third-order valence-electron chi connectivity index (χ3n) is 3.59. The molecule has 0 saturated heterocycles. The van der Waals surface area contributed by atoms with Crippen LogP contribution >= 0.6 is 11.6 Å². The lowest BCUT2D eigenvalue weighted by atomic mass is 9.82. The van der Waals surface area contributed by atoms with Gasteiger partial charge in [0.2, 0.25) is 5.92 Å². The zero-order valence-corrected chi connectivity index (χ0v) is 11.0. The average Bonchev–Trinajstić information content (AvgIpc) is 2.33. The number of benzene rings is 1. The molecule has 0 N–H and O–H groups in total. The van der Waals surface area contributed by atoms with Gasteiger partial charge in [0, 0.05) is 35.8 Å². The minimum Gasteiger partial charge on any atom is -0.299 e. The van der Waals surface area contributed by atoms with Crippen LogP contribution in [0.4, 0.5) is 13.2 Å². The van der Waals surface area contributed by atoms with Gasteiger partial charge in [-0.25, -0.2) is 13.2 Å². The predicted octanol–water partition coefficient (Wildman–Crippen LogP) is 4.42. The minimum absolute atomic E-state index is 0.123. The van der Waals surface area contributed by atoms with Crippen molar-refractivity contribution in [3.05, 3.63) is 34.6 Å². The highest BCUT2D eigenvalue weighted by Crippen LogP contribution is 2.37. The predicted molar refractivity (Wildman–Crippen MR) is 67.0 cm³/mol. The summed E-state index contributed by atoms with van der Waals surface area (Å²) in [5, 5.41) is 0.203. The Balaban J connectivity index is 2.02. The van der Waals surface area contributed by atoms with Crippen LogP contribution in [0.2, 0.25) is 5.02 Å². The standard InChI is InChI=1S/C14H14ClF3O/c15-11-2-1-3-12(16)10(11)8-13(19)9-4-6-14(17,18)7-5-9/h1-3,9H,4-8H2. The molecule has 0 amide bonds. The van der Waals surface area contributed by atoms with E-state index in [1.54, 1.807) is 0 Å². The fourth-order valence-electron chi connectivity index (χ4n) is 2.38. The molecule has 5 heteroatoms. The summed E-state index contributed by atoms with van der Waals surface area (Å²) in [7, 11) is 0. The van der Waals surface area contributed by atoms with Gasteiger partial charge in [0.1, 0.15) is 11.6 Å². The largest absolute Gasteiger partial charge is 0.299 e. The van der Waals surface area contributed by atoms with Crippen molar-refractivity contribution in [2.75, 3.05) is 0 Å². The molecule has 1 aromatic rings. The van der Waals surface area contributed by atoms with Crippen molar-refractivity contribution in [3.8, 4) is 0 Å². The number of carbonyl (C=O) groups excluding carboxylic acids is 1. The van der Waals surface area contributed by atoms with Crippen LogP contribution < -0.4 is 0 Å². The monoisotopic (exact) mass is 290 g/mol. The van der Waals surface area contributed by atoms with Gasteiger partial charge in [0.15, 0.2) is 0 Å². The Bertz CT molecular complexity index is 457. The molecule has 1 nitrogen and oxygen atoms in total. The van der Waals surface area contributed by atoms with Gasteiger partial charge >= 0.3 is 0 Å². The number of alkyl halides is 2. The van der Waals surface area contributed by atoms with Crippen LogP contribution in [0.25, 0.3) is 0 Å². The molecular formula is C14H14ClF3O. The fraction of sp³-hybridized carbons (Fsp3) is 0.500. The van der Waals surface area contributed by atoms with Crippen LogP contribution in [-0.4, -0.2) is 11.7 Å². The third kappa shape index (κ3) is 3.50. The summed E-state index contributed by atoms with van der Waals surface area (Å²) < 4.78 is 39.6. The second-order valence-corrected chi connectivity index (χ2v) is 5.38. The summed E-state index contributed by atoms with van der Waals surface area (Å²) in [6.07, 6.45) is -0.333. The first-order valence-electron chi connectivity index (χ1n) is 6.22. The minimum atomic E-state index is -2.66. The number of carbonyl (C=O) groups is 1. The van der Waals surface area contributed by atoms with Crippen LogP contribution in [-0.2, 0) is 11.2 Å². The fourth-order valence-corrected chi connectivity index (χ4v) is 2.61. The van der Waals surface area contributed by atoms with Crippen molar-refractivity contribution in [2.24, 2.45) is 5.92 Å². The first-order valence-corrected chi connectivity index (χ1v) is 6.60. The van der Waals surface area contributed by atoms with Gasteiger partial charge in [-0.05, 0) is 25.0 Å². The molecular weight excluding hydrogens is 277 g/mol. The van der Waals surface area contributed by atoms with Gasteiger partial charge in [-0.1, -0.05) is 17.7 Å². The summed E-state index contributed by atoms with van der Waals surface area (Å²) in [5.41, 5.74) is 0.159. The molecule has 0 spiro atoms. The molecule has 19 heavy (non-hydrogen) atoms. The van der Waals surface area contributed by atoms with E-state index in [9.17, 15) is 18.0 Å². The Kier molecular flexibility index (Phi) is 4.19. The van der Waals surface area contributed by atoms with Crippen molar-refractivity contribution in [1.29, 1.82) is 0 Å². The summed E-state index contributed by atoms with van der Waals surface area (Å²) in [6, 6.07) is 4.22. The first kappa shape index (κ1) is 14.4. The molecule has 0 bridgehead atoms. The van der Waals surface area contributed by atoms with E-state index in [0.717, 1.165) is 0 Å².